The molecule has 2 aromatic rings. The normalized spacial score (nSPS) is 13.1. The summed E-state index contributed by atoms with van der Waals surface area (Å²) in [4.78, 5) is 14.8. The Bertz CT molecular complexity index is 499. The molecule has 98 valence electrons. The molecule has 1 amide bonds. The SMILES string of the molecule is CC(C)CC(O)CNC(=O)c1cc2occc2[nH]1. The van der Waals surface area contributed by atoms with E-state index in [0.717, 1.165) is 5.52 Å². The van der Waals surface area contributed by atoms with Crippen molar-refractivity contribution in [2.24, 2.45) is 5.92 Å². The molecule has 5 nitrogen and oxygen atoms in total. The van der Waals surface area contributed by atoms with Gasteiger partial charge in [-0.1, -0.05) is 13.8 Å². The number of hydrogen-bond acceptors (Lipinski definition) is 3. The van der Waals surface area contributed by atoms with Crippen molar-refractivity contribution < 1.29 is 14.3 Å². The summed E-state index contributed by atoms with van der Waals surface area (Å²) in [6.45, 7) is 4.33. The molecule has 0 aliphatic heterocycles. The minimum Gasteiger partial charge on any atom is -0.463 e. The highest BCUT2D eigenvalue weighted by molar-refractivity contribution is 5.96. The van der Waals surface area contributed by atoms with Gasteiger partial charge in [-0.2, -0.15) is 0 Å². The summed E-state index contributed by atoms with van der Waals surface area (Å²) >= 11 is 0. The van der Waals surface area contributed by atoms with Crippen LogP contribution in [0.3, 0.4) is 0 Å². The van der Waals surface area contributed by atoms with E-state index in [0.29, 0.717) is 23.6 Å². The van der Waals surface area contributed by atoms with Crippen LogP contribution in [0.2, 0.25) is 0 Å². The molecule has 0 saturated heterocycles. The topological polar surface area (TPSA) is 78.3 Å². The first-order valence-electron chi connectivity index (χ1n) is 6.08. The Morgan fingerprint density at radius 3 is 3.00 bits per heavy atom. The molecule has 2 heterocycles. The molecule has 0 aliphatic carbocycles. The molecule has 2 aromatic heterocycles. The van der Waals surface area contributed by atoms with E-state index in [1.807, 2.05) is 13.8 Å². The van der Waals surface area contributed by atoms with Gasteiger partial charge < -0.3 is 19.8 Å². The average Bonchev–Trinajstić information content (AvgIpc) is 2.84. The van der Waals surface area contributed by atoms with Crippen LogP contribution in [0.25, 0.3) is 11.1 Å². The van der Waals surface area contributed by atoms with Crippen LogP contribution in [0.15, 0.2) is 22.8 Å². The number of aliphatic hydroxyl groups excluding tert-OH is 1. The van der Waals surface area contributed by atoms with Crippen LogP contribution in [-0.4, -0.2) is 28.6 Å². The monoisotopic (exact) mass is 250 g/mol. The van der Waals surface area contributed by atoms with Crippen molar-refractivity contribution in [2.75, 3.05) is 6.54 Å². The third-order valence-corrected chi connectivity index (χ3v) is 2.73. The van der Waals surface area contributed by atoms with Crippen LogP contribution >= 0.6 is 0 Å². The molecule has 0 aliphatic rings. The number of aliphatic hydroxyl groups is 1. The molecule has 18 heavy (non-hydrogen) atoms. The minimum absolute atomic E-state index is 0.232. The second-order valence-corrected chi connectivity index (χ2v) is 4.87. The van der Waals surface area contributed by atoms with Gasteiger partial charge in [-0.3, -0.25) is 4.79 Å². The summed E-state index contributed by atoms with van der Waals surface area (Å²) in [6, 6.07) is 3.42. The number of nitrogens with one attached hydrogen (secondary N) is 2. The number of furan rings is 1. The number of rotatable bonds is 5. The molecule has 0 fully saturated rings. The quantitative estimate of drug-likeness (QED) is 0.758. The standard InChI is InChI=1S/C13H18N2O3/c1-8(2)5-9(16)7-14-13(17)11-6-12-10(15-11)3-4-18-12/h3-4,6,8-9,15-16H,5,7H2,1-2H3,(H,14,17). The number of H-pyrrole nitrogens is 1. The van der Waals surface area contributed by atoms with Gasteiger partial charge in [-0.05, 0) is 12.3 Å². The molecule has 0 spiro atoms. The van der Waals surface area contributed by atoms with Crippen molar-refractivity contribution in [3.63, 3.8) is 0 Å². The van der Waals surface area contributed by atoms with Crippen molar-refractivity contribution in [3.05, 3.63) is 24.1 Å². The van der Waals surface area contributed by atoms with Gasteiger partial charge in [0.05, 0.1) is 17.9 Å². The van der Waals surface area contributed by atoms with Crippen molar-refractivity contribution in [3.8, 4) is 0 Å². The van der Waals surface area contributed by atoms with E-state index < -0.39 is 6.10 Å². The summed E-state index contributed by atoms with van der Waals surface area (Å²) in [5.41, 5.74) is 1.90. The lowest BCUT2D eigenvalue weighted by atomic mass is 10.1. The number of amides is 1. The Balaban J connectivity index is 1.90. The Kier molecular flexibility index (Phi) is 3.72. The minimum atomic E-state index is -0.507. The predicted molar refractivity (Wildman–Crippen MR) is 68.4 cm³/mol. The number of carbonyl (C=O) groups excluding carboxylic acids is 1. The highest BCUT2D eigenvalue weighted by Crippen LogP contribution is 2.15. The highest BCUT2D eigenvalue weighted by atomic mass is 16.3. The summed E-state index contributed by atoms with van der Waals surface area (Å²) in [5, 5.41) is 12.4. The molecule has 3 N–H and O–H groups in total. The first-order valence-corrected chi connectivity index (χ1v) is 6.08. The number of aromatic amines is 1. The molecule has 5 heteroatoms. The van der Waals surface area contributed by atoms with E-state index in [9.17, 15) is 9.90 Å². The van der Waals surface area contributed by atoms with Crippen LogP contribution < -0.4 is 5.32 Å². The van der Waals surface area contributed by atoms with Crippen LogP contribution in [0.1, 0.15) is 30.8 Å². The van der Waals surface area contributed by atoms with E-state index >= 15 is 0 Å². The smallest absolute Gasteiger partial charge is 0.267 e. The van der Waals surface area contributed by atoms with Gasteiger partial charge in [0.2, 0.25) is 0 Å². The van der Waals surface area contributed by atoms with Gasteiger partial charge in [-0.25, -0.2) is 0 Å². The summed E-state index contributed by atoms with van der Waals surface area (Å²) in [7, 11) is 0. The zero-order chi connectivity index (χ0) is 13.1. The first-order chi connectivity index (χ1) is 8.56. The summed E-state index contributed by atoms with van der Waals surface area (Å²) in [6.07, 6.45) is 1.73. The van der Waals surface area contributed by atoms with Crippen LogP contribution in [0.4, 0.5) is 0 Å². The fourth-order valence-corrected chi connectivity index (χ4v) is 1.90. The largest absolute Gasteiger partial charge is 0.463 e. The van der Waals surface area contributed by atoms with E-state index in [4.69, 9.17) is 4.42 Å². The Labute approximate surface area is 105 Å². The predicted octanol–water partition coefficient (Wildman–Crippen LogP) is 1.90. The third-order valence-electron chi connectivity index (χ3n) is 2.73. The fourth-order valence-electron chi connectivity index (χ4n) is 1.90. The third kappa shape index (κ3) is 2.92. The molecule has 0 aromatic carbocycles. The molecule has 0 saturated carbocycles. The molecular weight excluding hydrogens is 232 g/mol. The number of hydrogen-bond donors (Lipinski definition) is 3. The molecule has 2 rings (SSSR count). The molecular formula is C13H18N2O3. The van der Waals surface area contributed by atoms with Gasteiger partial charge >= 0.3 is 0 Å². The summed E-state index contributed by atoms with van der Waals surface area (Å²) < 4.78 is 5.17. The van der Waals surface area contributed by atoms with E-state index in [1.165, 1.54) is 0 Å². The molecule has 1 unspecified atom stereocenters. The summed E-state index contributed by atoms with van der Waals surface area (Å²) in [5.74, 6) is 0.175. The zero-order valence-electron chi connectivity index (χ0n) is 10.6. The van der Waals surface area contributed by atoms with Crippen LogP contribution in [0.5, 0.6) is 0 Å². The van der Waals surface area contributed by atoms with E-state index in [-0.39, 0.29) is 12.5 Å². The maximum atomic E-state index is 11.8. The first kappa shape index (κ1) is 12.7. The lowest BCUT2D eigenvalue weighted by Gasteiger charge is -2.13. The highest BCUT2D eigenvalue weighted by Gasteiger charge is 2.13. The van der Waals surface area contributed by atoms with Gasteiger partial charge in [-0.15, -0.1) is 0 Å². The lowest BCUT2D eigenvalue weighted by molar-refractivity contribution is 0.0896. The van der Waals surface area contributed by atoms with Crippen molar-refractivity contribution in [1.29, 1.82) is 0 Å². The van der Waals surface area contributed by atoms with Gasteiger partial charge in [0.1, 0.15) is 5.69 Å². The second-order valence-electron chi connectivity index (χ2n) is 4.87. The van der Waals surface area contributed by atoms with E-state index in [2.05, 4.69) is 10.3 Å². The molecule has 1 atom stereocenters. The van der Waals surface area contributed by atoms with Crippen molar-refractivity contribution in [1.82, 2.24) is 10.3 Å². The Hall–Kier alpha value is -1.75. The van der Waals surface area contributed by atoms with Gasteiger partial charge in [0.15, 0.2) is 5.58 Å². The second kappa shape index (κ2) is 5.27. The number of fused-ring (bicyclic) bond motifs is 1. The fraction of sp³-hybridized carbons (Fsp3) is 0.462. The molecule has 0 radical (unpaired) electrons. The number of carbonyl (C=O) groups is 1. The number of aromatic nitrogens is 1. The zero-order valence-corrected chi connectivity index (χ0v) is 10.6. The average molecular weight is 250 g/mol. The van der Waals surface area contributed by atoms with Gasteiger partial charge in [0.25, 0.3) is 5.91 Å². The Morgan fingerprint density at radius 1 is 1.56 bits per heavy atom. The van der Waals surface area contributed by atoms with Crippen LogP contribution in [-0.2, 0) is 0 Å². The maximum Gasteiger partial charge on any atom is 0.267 e. The van der Waals surface area contributed by atoms with E-state index in [1.54, 1.807) is 18.4 Å². The Morgan fingerprint density at radius 2 is 2.33 bits per heavy atom. The van der Waals surface area contributed by atoms with Crippen molar-refractivity contribution >= 4 is 17.0 Å². The van der Waals surface area contributed by atoms with Gasteiger partial charge in [0, 0.05) is 18.7 Å². The van der Waals surface area contributed by atoms with Crippen molar-refractivity contribution in [2.45, 2.75) is 26.4 Å². The lowest BCUT2D eigenvalue weighted by Crippen LogP contribution is -2.32. The van der Waals surface area contributed by atoms with Crippen LogP contribution in [0, 0.1) is 5.92 Å². The molecule has 0 bridgehead atoms. The maximum absolute atomic E-state index is 11.8.